The van der Waals surface area contributed by atoms with Crippen molar-refractivity contribution in [3.63, 3.8) is 0 Å². The maximum atomic E-state index is 13.2. The number of amides is 1. The van der Waals surface area contributed by atoms with Gasteiger partial charge < -0.3 is 9.15 Å². The van der Waals surface area contributed by atoms with Crippen LogP contribution < -0.4 is 0 Å². The summed E-state index contributed by atoms with van der Waals surface area (Å²) >= 11 is 0. The lowest BCUT2D eigenvalue weighted by atomic mass is 9.99. The zero-order valence-electron chi connectivity index (χ0n) is 17.2. The summed E-state index contributed by atoms with van der Waals surface area (Å²) in [5.41, 5.74) is 1.58. The molecule has 2 atom stereocenters. The van der Waals surface area contributed by atoms with Crippen molar-refractivity contribution in [2.45, 2.75) is 45.1 Å². The van der Waals surface area contributed by atoms with Crippen molar-refractivity contribution < 1.29 is 18.7 Å². The van der Waals surface area contributed by atoms with Crippen LogP contribution in [0.5, 0.6) is 0 Å². The molecule has 29 heavy (non-hydrogen) atoms. The number of nitrogens with zero attached hydrogens (tertiary/aromatic N) is 2. The molecule has 1 aromatic carbocycles. The highest BCUT2D eigenvalue weighted by Crippen LogP contribution is 2.52. The van der Waals surface area contributed by atoms with E-state index in [9.17, 15) is 9.59 Å². The summed E-state index contributed by atoms with van der Waals surface area (Å²) in [4.78, 5) is 26.4. The summed E-state index contributed by atoms with van der Waals surface area (Å²) in [6, 6.07) is 13.0. The third kappa shape index (κ3) is 3.24. The predicted molar refractivity (Wildman–Crippen MR) is 111 cm³/mol. The topological polar surface area (TPSA) is 63.0 Å². The fourth-order valence-electron chi connectivity index (χ4n) is 4.33. The lowest BCUT2D eigenvalue weighted by molar-refractivity contribution is -0.140. The van der Waals surface area contributed by atoms with Gasteiger partial charge in [0.1, 0.15) is 19.9 Å². The molecule has 0 radical (unpaired) electrons. The van der Waals surface area contributed by atoms with Gasteiger partial charge in [-0.25, -0.2) is 9.80 Å². The summed E-state index contributed by atoms with van der Waals surface area (Å²) in [5.74, 6) is 0.273. The summed E-state index contributed by atoms with van der Waals surface area (Å²) in [5, 5.41) is 4.60. The Bertz CT molecular complexity index is 947. The average Bonchev–Trinajstić information content (AvgIpc) is 3.38. The monoisotopic (exact) mass is 410 g/mol. The smallest absolute Gasteiger partial charge is 0.337 e. The molecule has 7 heteroatoms. The normalized spacial score (nSPS) is 22.3. The number of esters is 1. The van der Waals surface area contributed by atoms with Crippen molar-refractivity contribution in [2.75, 3.05) is 6.61 Å². The van der Waals surface area contributed by atoms with Gasteiger partial charge in [0.25, 0.3) is 0 Å². The standard InChI is InChI=1S/C22H26N2O4Si/c1-5-27-22(26)19-20(17-12-9-13-28-17)23-16(15-10-7-6-8-11-15)14-18(25)24(23)21(19)29(2,3)4/h6-13,16,20H,5,14H2,1-4H3/t16-,20-/m1/s1. The van der Waals surface area contributed by atoms with Crippen molar-refractivity contribution >= 4 is 20.0 Å². The highest BCUT2D eigenvalue weighted by molar-refractivity contribution is 6.83. The van der Waals surface area contributed by atoms with Gasteiger partial charge in [0.15, 0.2) is 0 Å². The first-order chi connectivity index (χ1) is 13.8. The largest absolute Gasteiger partial charge is 0.467 e. The molecule has 2 aliphatic rings. The molecule has 0 bridgehead atoms. The van der Waals surface area contributed by atoms with E-state index in [1.807, 2.05) is 47.5 Å². The molecular weight excluding hydrogens is 384 g/mol. The van der Waals surface area contributed by atoms with E-state index in [0.29, 0.717) is 17.8 Å². The molecule has 2 aliphatic heterocycles. The Hall–Kier alpha value is -2.64. The number of carbonyl (C=O) groups excluding carboxylic acids is 2. The summed E-state index contributed by atoms with van der Waals surface area (Å²) in [6.07, 6.45) is 1.97. The van der Waals surface area contributed by atoms with E-state index in [-0.39, 0.29) is 24.5 Å². The number of hydrogen-bond acceptors (Lipinski definition) is 5. The maximum Gasteiger partial charge on any atom is 0.337 e. The number of hydrazine groups is 1. The number of fused-ring (bicyclic) bond motifs is 1. The molecule has 2 aromatic rings. The van der Waals surface area contributed by atoms with Crippen LogP contribution in [0.1, 0.15) is 36.8 Å². The number of hydrogen-bond donors (Lipinski definition) is 0. The van der Waals surface area contributed by atoms with Gasteiger partial charge in [0.05, 0.1) is 30.9 Å². The number of benzene rings is 1. The predicted octanol–water partition coefficient (Wildman–Crippen LogP) is 4.22. The highest BCUT2D eigenvalue weighted by Gasteiger charge is 2.56. The minimum Gasteiger partial charge on any atom is -0.467 e. The van der Waals surface area contributed by atoms with Crippen molar-refractivity contribution in [3.05, 3.63) is 70.9 Å². The first kappa shape index (κ1) is 19.7. The Kier molecular flexibility index (Phi) is 4.96. The molecule has 152 valence electrons. The van der Waals surface area contributed by atoms with Crippen LogP contribution in [0.3, 0.4) is 0 Å². The minimum absolute atomic E-state index is 0.00660. The quantitative estimate of drug-likeness (QED) is 0.545. The van der Waals surface area contributed by atoms with Crippen LogP contribution in [0.4, 0.5) is 0 Å². The summed E-state index contributed by atoms with van der Waals surface area (Å²) < 4.78 is 11.2. The molecule has 1 aromatic heterocycles. The van der Waals surface area contributed by atoms with E-state index < -0.39 is 14.1 Å². The number of ether oxygens (including phenoxy) is 1. The lowest BCUT2D eigenvalue weighted by Crippen LogP contribution is -2.42. The molecule has 0 unspecified atom stereocenters. The number of furan rings is 1. The second-order valence-electron chi connectivity index (χ2n) is 8.37. The van der Waals surface area contributed by atoms with Gasteiger partial charge in [-0.15, -0.1) is 0 Å². The fourth-order valence-corrected chi connectivity index (χ4v) is 6.25. The molecule has 0 aliphatic carbocycles. The second-order valence-corrected chi connectivity index (χ2v) is 13.3. The Balaban J connectivity index is 1.93. The van der Waals surface area contributed by atoms with Crippen LogP contribution in [0.15, 0.2) is 64.0 Å². The van der Waals surface area contributed by atoms with Gasteiger partial charge in [-0.3, -0.25) is 4.79 Å². The molecule has 3 heterocycles. The number of rotatable bonds is 5. The Morgan fingerprint density at radius 1 is 1.17 bits per heavy atom. The fraction of sp³-hybridized carbons (Fsp3) is 0.364. The van der Waals surface area contributed by atoms with Gasteiger partial charge >= 0.3 is 5.97 Å². The SMILES string of the molecule is CCOC(=O)C1=C([Si](C)(C)C)N2C(=O)C[C@H](c3ccccc3)N2[C@@H]1c1ccco1. The minimum atomic E-state index is -2.09. The van der Waals surface area contributed by atoms with Gasteiger partial charge in [0, 0.05) is 5.32 Å². The number of carbonyl (C=O) groups is 2. The first-order valence-electron chi connectivity index (χ1n) is 9.96. The summed E-state index contributed by atoms with van der Waals surface area (Å²) in [7, 11) is -2.09. The Morgan fingerprint density at radius 3 is 2.48 bits per heavy atom. The lowest BCUT2D eigenvalue weighted by Gasteiger charge is -2.33. The maximum absolute atomic E-state index is 13.2. The van der Waals surface area contributed by atoms with Gasteiger partial charge in [0.2, 0.25) is 5.91 Å². The zero-order chi connectivity index (χ0) is 20.8. The van der Waals surface area contributed by atoms with Crippen molar-refractivity contribution in [1.29, 1.82) is 0 Å². The van der Waals surface area contributed by atoms with Gasteiger partial charge in [-0.2, -0.15) is 5.01 Å². The molecule has 4 rings (SSSR count). The summed E-state index contributed by atoms with van der Waals surface area (Å²) in [6.45, 7) is 8.51. The van der Waals surface area contributed by atoms with Crippen molar-refractivity contribution in [2.24, 2.45) is 0 Å². The van der Waals surface area contributed by atoms with E-state index in [1.54, 1.807) is 18.2 Å². The van der Waals surface area contributed by atoms with E-state index >= 15 is 0 Å². The molecule has 0 saturated carbocycles. The van der Waals surface area contributed by atoms with Crippen LogP contribution in [-0.2, 0) is 14.3 Å². The van der Waals surface area contributed by atoms with Crippen molar-refractivity contribution in [1.82, 2.24) is 10.0 Å². The van der Waals surface area contributed by atoms with Crippen molar-refractivity contribution in [3.8, 4) is 0 Å². The highest BCUT2D eigenvalue weighted by atomic mass is 28.3. The van der Waals surface area contributed by atoms with Crippen LogP contribution in [-0.4, -0.2) is 36.6 Å². The third-order valence-electron chi connectivity index (χ3n) is 5.36. The van der Waals surface area contributed by atoms with Crippen LogP contribution in [0, 0.1) is 0 Å². The Morgan fingerprint density at radius 2 is 1.90 bits per heavy atom. The zero-order valence-corrected chi connectivity index (χ0v) is 18.2. The van der Waals surface area contributed by atoms with E-state index in [0.717, 1.165) is 10.9 Å². The Labute approximate surface area is 171 Å². The second kappa shape index (κ2) is 7.31. The third-order valence-corrected chi connectivity index (χ3v) is 7.26. The van der Waals surface area contributed by atoms with Crippen LogP contribution >= 0.6 is 0 Å². The van der Waals surface area contributed by atoms with Gasteiger partial charge in [-0.05, 0) is 24.6 Å². The van der Waals surface area contributed by atoms with Crippen LogP contribution in [0.2, 0.25) is 19.6 Å². The van der Waals surface area contributed by atoms with E-state index in [1.165, 1.54) is 0 Å². The molecule has 0 N–H and O–H groups in total. The molecule has 1 saturated heterocycles. The van der Waals surface area contributed by atoms with Gasteiger partial charge in [-0.1, -0.05) is 50.0 Å². The average molecular weight is 411 g/mol. The molecule has 1 fully saturated rings. The molecular formula is C22H26N2O4Si. The molecule has 6 nitrogen and oxygen atoms in total. The first-order valence-corrected chi connectivity index (χ1v) is 13.5. The molecule has 0 spiro atoms. The van der Waals surface area contributed by atoms with E-state index in [2.05, 4.69) is 19.6 Å². The molecule has 1 amide bonds. The van der Waals surface area contributed by atoms with E-state index in [4.69, 9.17) is 9.15 Å². The van der Waals surface area contributed by atoms with Crippen LogP contribution in [0.25, 0.3) is 0 Å².